The summed E-state index contributed by atoms with van der Waals surface area (Å²) in [6.45, 7) is -0.812. The highest BCUT2D eigenvalue weighted by molar-refractivity contribution is 7.92. The van der Waals surface area contributed by atoms with Crippen LogP contribution >= 0.6 is 11.6 Å². The number of non-ortho nitro benzene ring substituents is 1. The molecule has 10 nitrogen and oxygen atoms in total. The van der Waals surface area contributed by atoms with Gasteiger partial charge in [-0.2, -0.15) is 0 Å². The van der Waals surface area contributed by atoms with E-state index in [9.17, 15) is 28.1 Å². The minimum Gasteiger partial charge on any atom is -0.352 e. The van der Waals surface area contributed by atoms with Crippen molar-refractivity contribution in [3.63, 3.8) is 0 Å². The number of benzene rings is 4. The molecule has 2 amide bonds. The van der Waals surface area contributed by atoms with Gasteiger partial charge < -0.3 is 10.2 Å². The Morgan fingerprint density at radius 1 is 0.875 bits per heavy atom. The Morgan fingerprint density at radius 3 is 2.19 bits per heavy atom. The molecule has 1 N–H and O–H groups in total. The average molecular weight is 689 g/mol. The SMILES string of the molecule is O=C(NC1CCCCC1)[C@@H](Cc1ccccc1)N(Cc1ccccc1Cl)C(=O)CN(c1cccc([N+](=O)[O-])c1)S(=O)(=O)c1ccccc1. The molecule has 4 aromatic rings. The van der Waals surface area contributed by atoms with Crippen molar-refractivity contribution in [2.24, 2.45) is 0 Å². The number of nitrogens with zero attached hydrogens (tertiary/aromatic N) is 3. The van der Waals surface area contributed by atoms with Crippen LogP contribution in [-0.2, 0) is 32.6 Å². The lowest BCUT2D eigenvalue weighted by atomic mass is 9.94. The summed E-state index contributed by atoms with van der Waals surface area (Å²) in [7, 11) is -4.40. The largest absolute Gasteiger partial charge is 0.352 e. The molecular formula is C36H37ClN4O6S. The zero-order valence-corrected chi connectivity index (χ0v) is 27.9. The summed E-state index contributed by atoms with van der Waals surface area (Å²) >= 11 is 6.57. The first-order valence-corrected chi connectivity index (χ1v) is 17.6. The summed E-state index contributed by atoms with van der Waals surface area (Å²) in [4.78, 5) is 41.1. The number of nitrogens with one attached hydrogen (secondary N) is 1. The fraction of sp³-hybridized carbons (Fsp3) is 0.278. The normalized spacial score (nSPS) is 14.1. The van der Waals surface area contributed by atoms with Crippen LogP contribution in [0.1, 0.15) is 43.2 Å². The van der Waals surface area contributed by atoms with Gasteiger partial charge in [0.15, 0.2) is 0 Å². The van der Waals surface area contributed by atoms with Crippen LogP contribution in [0.15, 0.2) is 114 Å². The summed E-state index contributed by atoms with van der Waals surface area (Å²) in [5.41, 5.74) is 0.981. The lowest BCUT2D eigenvalue weighted by Crippen LogP contribution is -2.55. The molecule has 0 aliphatic heterocycles. The van der Waals surface area contributed by atoms with E-state index in [1.54, 1.807) is 42.5 Å². The molecule has 0 spiro atoms. The third kappa shape index (κ3) is 8.59. The monoisotopic (exact) mass is 688 g/mol. The van der Waals surface area contributed by atoms with Crippen molar-refractivity contribution in [3.8, 4) is 0 Å². The molecule has 1 aliphatic carbocycles. The van der Waals surface area contributed by atoms with Crippen LogP contribution < -0.4 is 9.62 Å². The fourth-order valence-corrected chi connectivity index (χ4v) is 7.54. The minimum absolute atomic E-state index is 0.0402. The first-order chi connectivity index (χ1) is 23.1. The molecule has 5 rings (SSSR count). The van der Waals surface area contributed by atoms with Gasteiger partial charge in [-0.15, -0.1) is 0 Å². The highest BCUT2D eigenvalue weighted by Gasteiger charge is 2.36. The van der Waals surface area contributed by atoms with Crippen LogP contribution in [0, 0.1) is 10.1 Å². The second-order valence-corrected chi connectivity index (χ2v) is 14.0. The first kappa shape index (κ1) is 34.6. The standard InChI is InChI=1S/C36H37ClN4O6S/c37-33-22-11-10-15-28(33)25-39(34(23-27-13-4-1-5-14-27)36(43)38-29-16-6-2-7-17-29)35(42)26-40(30-18-12-19-31(24-30)41(44)45)48(46,47)32-20-8-3-9-21-32/h1,3-5,8-15,18-22,24,29,34H,2,6-7,16-17,23,25-26H2,(H,38,43)/t34-/m1/s1. The van der Waals surface area contributed by atoms with E-state index in [1.807, 2.05) is 30.3 Å². The Morgan fingerprint density at radius 2 is 1.52 bits per heavy atom. The van der Waals surface area contributed by atoms with Gasteiger partial charge in [0, 0.05) is 36.2 Å². The quantitative estimate of drug-likeness (QED) is 0.126. The van der Waals surface area contributed by atoms with E-state index in [0.29, 0.717) is 10.6 Å². The van der Waals surface area contributed by atoms with Gasteiger partial charge in [-0.3, -0.25) is 24.0 Å². The number of nitro groups is 1. The van der Waals surface area contributed by atoms with Gasteiger partial charge >= 0.3 is 0 Å². The number of halogens is 1. The number of sulfonamides is 1. The molecule has 0 aromatic heterocycles. The van der Waals surface area contributed by atoms with Crippen LogP contribution in [0.3, 0.4) is 0 Å². The van der Waals surface area contributed by atoms with Crippen molar-refractivity contribution >= 4 is 44.8 Å². The Balaban J connectivity index is 1.59. The van der Waals surface area contributed by atoms with E-state index < -0.39 is 33.4 Å². The predicted octanol–water partition coefficient (Wildman–Crippen LogP) is 6.53. The van der Waals surface area contributed by atoms with Gasteiger partial charge in [0.05, 0.1) is 15.5 Å². The number of hydrogen-bond donors (Lipinski definition) is 1. The highest BCUT2D eigenvalue weighted by atomic mass is 35.5. The van der Waals surface area contributed by atoms with Gasteiger partial charge in [0.1, 0.15) is 12.6 Å². The Bertz CT molecular complexity index is 1840. The molecule has 0 heterocycles. The smallest absolute Gasteiger partial charge is 0.271 e. The molecule has 0 bridgehead atoms. The maximum Gasteiger partial charge on any atom is 0.271 e. The molecular weight excluding hydrogens is 652 g/mol. The molecule has 1 aliphatic rings. The van der Waals surface area contributed by atoms with E-state index in [1.165, 1.54) is 35.2 Å². The summed E-state index contributed by atoms with van der Waals surface area (Å²) in [5, 5.41) is 15.2. The Labute approximate surface area is 285 Å². The molecule has 0 radical (unpaired) electrons. The molecule has 1 saturated carbocycles. The molecule has 1 fully saturated rings. The molecule has 0 unspecified atom stereocenters. The lowest BCUT2D eigenvalue weighted by molar-refractivity contribution is -0.384. The van der Waals surface area contributed by atoms with E-state index in [4.69, 9.17) is 11.6 Å². The van der Waals surface area contributed by atoms with Crippen molar-refractivity contribution < 1.29 is 22.9 Å². The Hall–Kier alpha value is -4.74. The van der Waals surface area contributed by atoms with Crippen molar-refractivity contribution in [3.05, 3.63) is 135 Å². The summed E-state index contributed by atoms with van der Waals surface area (Å²) in [6.07, 6.45) is 4.91. The number of anilines is 1. The third-order valence-electron chi connectivity index (χ3n) is 8.46. The van der Waals surface area contributed by atoms with E-state index in [-0.39, 0.29) is 41.2 Å². The molecule has 250 valence electrons. The van der Waals surface area contributed by atoms with Crippen LogP contribution in [-0.4, -0.2) is 48.7 Å². The zero-order chi connectivity index (χ0) is 34.1. The number of nitro benzene ring substituents is 1. The minimum atomic E-state index is -4.40. The van der Waals surface area contributed by atoms with E-state index in [0.717, 1.165) is 48.0 Å². The third-order valence-corrected chi connectivity index (χ3v) is 10.6. The topological polar surface area (TPSA) is 130 Å². The fourth-order valence-electron chi connectivity index (χ4n) is 5.92. The maximum atomic E-state index is 14.6. The lowest BCUT2D eigenvalue weighted by Gasteiger charge is -2.35. The van der Waals surface area contributed by atoms with Gasteiger partial charge in [-0.05, 0) is 48.2 Å². The predicted molar refractivity (Wildman–Crippen MR) is 185 cm³/mol. The van der Waals surface area contributed by atoms with Gasteiger partial charge in [0.2, 0.25) is 11.8 Å². The van der Waals surface area contributed by atoms with Crippen LogP contribution in [0.5, 0.6) is 0 Å². The first-order valence-electron chi connectivity index (χ1n) is 15.8. The molecule has 4 aromatic carbocycles. The van der Waals surface area contributed by atoms with Crippen LogP contribution in [0.25, 0.3) is 0 Å². The summed E-state index contributed by atoms with van der Waals surface area (Å²) in [5.74, 6) is -1.03. The van der Waals surface area contributed by atoms with E-state index >= 15 is 0 Å². The summed E-state index contributed by atoms with van der Waals surface area (Å²) in [6, 6.07) is 27.9. The number of hydrogen-bond acceptors (Lipinski definition) is 6. The second-order valence-electron chi connectivity index (χ2n) is 11.8. The average Bonchev–Trinajstić information content (AvgIpc) is 3.10. The molecule has 0 saturated heterocycles. The van der Waals surface area contributed by atoms with Gasteiger partial charge in [0.25, 0.3) is 15.7 Å². The molecule has 1 atom stereocenters. The Kier molecular flexibility index (Phi) is 11.5. The number of rotatable bonds is 13. The summed E-state index contributed by atoms with van der Waals surface area (Å²) < 4.78 is 29.1. The van der Waals surface area contributed by atoms with Gasteiger partial charge in [-0.1, -0.05) is 104 Å². The highest BCUT2D eigenvalue weighted by Crippen LogP contribution is 2.29. The van der Waals surface area contributed by atoms with Crippen LogP contribution in [0.2, 0.25) is 5.02 Å². The van der Waals surface area contributed by atoms with Crippen molar-refractivity contribution in [2.75, 3.05) is 10.8 Å². The molecule has 48 heavy (non-hydrogen) atoms. The molecule has 12 heteroatoms. The second kappa shape index (κ2) is 15.9. The van der Waals surface area contributed by atoms with Crippen molar-refractivity contribution in [2.45, 2.75) is 62.0 Å². The van der Waals surface area contributed by atoms with Crippen molar-refractivity contribution in [1.29, 1.82) is 0 Å². The van der Waals surface area contributed by atoms with Gasteiger partial charge in [-0.25, -0.2) is 8.42 Å². The van der Waals surface area contributed by atoms with Crippen LogP contribution in [0.4, 0.5) is 11.4 Å². The zero-order valence-electron chi connectivity index (χ0n) is 26.3. The van der Waals surface area contributed by atoms with E-state index in [2.05, 4.69) is 5.32 Å². The van der Waals surface area contributed by atoms with Crippen molar-refractivity contribution in [1.82, 2.24) is 10.2 Å². The number of carbonyl (C=O) groups is 2. The number of amides is 2. The maximum absolute atomic E-state index is 14.6. The number of carbonyl (C=O) groups excluding carboxylic acids is 2.